The highest BCUT2D eigenvalue weighted by molar-refractivity contribution is 5.98. The summed E-state index contributed by atoms with van der Waals surface area (Å²) in [5, 5.41) is 2.28. The number of alkyl halides is 3. The van der Waals surface area contributed by atoms with Crippen molar-refractivity contribution in [3.8, 4) is 0 Å². The molecule has 1 saturated heterocycles. The summed E-state index contributed by atoms with van der Waals surface area (Å²) in [5.74, 6) is -1.06. The highest BCUT2D eigenvalue weighted by Gasteiger charge is 2.32. The molecule has 3 rings (SSSR count). The summed E-state index contributed by atoms with van der Waals surface area (Å²) in [6.07, 6.45) is -2.19. The molecule has 7 nitrogen and oxygen atoms in total. The third-order valence-corrected chi connectivity index (χ3v) is 4.47. The Morgan fingerprint density at radius 1 is 1.26 bits per heavy atom. The molecule has 0 bridgehead atoms. The van der Waals surface area contributed by atoms with Crippen molar-refractivity contribution in [1.29, 1.82) is 0 Å². The molecule has 1 amide bonds. The van der Waals surface area contributed by atoms with E-state index in [0.29, 0.717) is 19.4 Å². The molecular weight excluding hydrogens is 367 g/mol. The summed E-state index contributed by atoms with van der Waals surface area (Å²) in [4.78, 5) is 37.4. The van der Waals surface area contributed by atoms with Crippen molar-refractivity contribution in [3.63, 3.8) is 0 Å². The number of aromatic nitrogens is 2. The molecule has 1 aliphatic rings. The fraction of sp³-hybridized carbons (Fsp3) is 0.412. The van der Waals surface area contributed by atoms with Gasteiger partial charge in [-0.1, -0.05) is 16.8 Å². The number of aromatic amines is 1. The maximum atomic E-state index is 12.6. The number of H-pyrrole nitrogens is 1. The van der Waals surface area contributed by atoms with Gasteiger partial charge in [-0.15, -0.1) is 0 Å². The molecule has 27 heavy (non-hydrogen) atoms. The zero-order chi connectivity index (χ0) is 19.6. The van der Waals surface area contributed by atoms with E-state index >= 15 is 0 Å². The van der Waals surface area contributed by atoms with Gasteiger partial charge in [0.05, 0.1) is 5.56 Å². The van der Waals surface area contributed by atoms with E-state index < -0.39 is 23.3 Å². The Bertz CT molecular complexity index is 886. The molecule has 1 atom stereocenters. The van der Waals surface area contributed by atoms with Crippen LogP contribution in [0, 0.1) is 5.92 Å². The number of carbonyl (C=O) groups is 2. The van der Waals surface area contributed by atoms with E-state index in [0.717, 1.165) is 30.5 Å². The predicted molar refractivity (Wildman–Crippen MR) is 84.6 cm³/mol. The minimum atomic E-state index is -4.46. The first-order valence-electron chi connectivity index (χ1n) is 8.31. The SMILES string of the molecule is O=C(c1ccc(C(F)(F)F)cc1)C1CCCN(C(=O)C[n+]2cc(=O)o[nH]2)C1. The van der Waals surface area contributed by atoms with Gasteiger partial charge in [-0.05, 0) is 30.2 Å². The number of hydrogen-bond acceptors (Lipinski definition) is 4. The molecule has 2 aromatic rings. The van der Waals surface area contributed by atoms with Gasteiger partial charge < -0.3 is 4.90 Å². The molecule has 0 aliphatic carbocycles. The van der Waals surface area contributed by atoms with Gasteiger partial charge in [-0.2, -0.15) is 13.2 Å². The molecule has 1 unspecified atom stereocenters. The molecule has 1 N–H and O–H groups in total. The second-order valence-electron chi connectivity index (χ2n) is 6.39. The van der Waals surface area contributed by atoms with Gasteiger partial charge in [-0.25, -0.2) is 4.79 Å². The van der Waals surface area contributed by atoms with E-state index in [-0.39, 0.29) is 30.3 Å². The smallest absolute Gasteiger partial charge is 0.336 e. The first kappa shape index (κ1) is 18.9. The van der Waals surface area contributed by atoms with Crippen LogP contribution in [0.1, 0.15) is 28.8 Å². The molecule has 1 fully saturated rings. The fourth-order valence-corrected chi connectivity index (χ4v) is 3.08. The van der Waals surface area contributed by atoms with Crippen LogP contribution in [0.5, 0.6) is 0 Å². The Morgan fingerprint density at radius 3 is 2.56 bits per heavy atom. The Hall–Kier alpha value is -2.91. The number of carbonyl (C=O) groups excluding carboxylic acids is 2. The Balaban J connectivity index is 1.65. The van der Waals surface area contributed by atoms with Gasteiger partial charge >= 0.3 is 11.8 Å². The van der Waals surface area contributed by atoms with Crippen LogP contribution >= 0.6 is 0 Å². The maximum absolute atomic E-state index is 12.6. The summed E-state index contributed by atoms with van der Waals surface area (Å²) >= 11 is 0. The van der Waals surface area contributed by atoms with Crippen molar-refractivity contribution in [2.24, 2.45) is 5.92 Å². The number of likely N-dealkylation sites (tertiary alicyclic amines) is 1. The van der Waals surface area contributed by atoms with Crippen molar-refractivity contribution in [1.82, 2.24) is 10.2 Å². The molecule has 0 radical (unpaired) electrons. The molecule has 1 aromatic heterocycles. The van der Waals surface area contributed by atoms with Crippen LogP contribution in [0.15, 0.2) is 39.8 Å². The number of rotatable bonds is 4. The molecule has 0 spiro atoms. The average molecular weight is 384 g/mol. The molecule has 1 aliphatic heterocycles. The van der Waals surface area contributed by atoms with Crippen LogP contribution in [0.25, 0.3) is 0 Å². The van der Waals surface area contributed by atoms with Gasteiger partial charge in [0.15, 0.2) is 5.78 Å². The maximum Gasteiger partial charge on any atom is 0.426 e. The topological polar surface area (TPSA) is 87.3 Å². The minimum absolute atomic E-state index is 0.132. The number of hydrogen-bond donors (Lipinski definition) is 1. The molecule has 144 valence electrons. The Kier molecular flexibility index (Phi) is 5.15. The third-order valence-electron chi connectivity index (χ3n) is 4.47. The number of nitrogens with one attached hydrogen (secondary N) is 1. The van der Waals surface area contributed by atoms with Gasteiger partial charge in [0, 0.05) is 24.6 Å². The van der Waals surface area contributed by atoms with Gasteiger partial charge in [-0.3, -0.25) is 14.1 Å². The largest absolute Gasteiger partial charge is 0.426 e. The summed E-state index contributed by atoms with van der Waals surface area (Å²) in [5.41, 5.74) is -1.24. The zero-order valence-electron chi connectivity index (χ0n) is 14.2. The molecular formula is C17H17F3N3O4+. The summed E-state index contributed by atoms with van der Waals surface area (Å²) in [6, 6.07) is 4.09. The van der Waals surface area contributed by atoms with Gasteiger partial charge in [0.1, 0.15) is 0 Å². The van der Waals surface area contributed by atoms with Crippen molar-refractivity contribution >= 4 is 11.7 Å². The lowest BCUT2D eigenvalue weighted by atomic mass is 9.89. The summed E-state index contributed by atoms with van der Waals surface area (Å²) in [6.45, 7) is 0.520. The lowest BCUT2D eigenvalue weighted by Crippen LogP contribution is -2.49. The molecule has 10 heteroatoms. The number of piperidine rings is 1. The van der Waals surface area contributed by atoms with Crippen LogP contribution in [-0.4, -0.2) is 35.0 Å². The average Bonchev–Trinajstić information content (AvgIpc) is 3.05. The van der Waals surface area contributed by atoms with Gasteiger partial charge in [0.2, 0.25) is 0 Å². The minimum Gasteiger partial charge on any atom is -0.336 e. The van der Waals surface area contributed by atoms with Crippen molar-refractivity contribution in [2.75, 3.05) is 13.1 Å². The van der Waals surface area contributed by atoms with E-state index in [1.54, 1.807) is 0 Å². The van der Waals surface area contributed by atoms with Crippen LogP contribution in [0.3, 0.4) is 0 Å². The van der Waals surface area contributed by atoms with E-state index in [1.807, 2.05) is 0 Å². The number of amides is 1. The van der Waals surface area contributed by atoms with E-state index in [9.17, 15) is 27.6 Å². The highest BCUT2D eigenvalue weighted by atomic mass is 19.4. The van der Waals surface area contributed by atoms with E-state index in [4.69, 9.17) is 0 Å². The molecule has 1 aromatic carbocycles. The summed E-state index contributed by atoms with van der Waals surface area (Å²) < 4.78 is 43.6. The first-order valence-corrected chi connectivity index (χ1v) is 8.31. The van der Waals surface area contributed by atoms with E-state index in [1.165, 1.54) is 9.58 Å². The Labute approximate surface area is 151 Å². The first-order chi connectivity index (χ1) is 12.7. The van der Waals surface area contributed by atoms with Crippen molar-refractivity contribution in [3.05, 3.63) is 52.0 Å². The Morgan fingerprint density at radius 2 is 1.96 bits per heavy atom. The second kappa shape index (κ2) is 7.37. The number of benzene rings is 1. The number of nitrogens with zero attached hydrogens (tertiary/aromatic N) is 2. The van der Waals surface area contributed by atoms with E-state index in [2.05, 4.69) is 9.79 Å². The summed E-state index contributed by atoms with van der Waals surface area (Å²) in [7, 11) is 0. The monoisotopic (exact) mass is 384 g/mol. The number of halogens is 3. The number of ketones is 1. The lowest BCUT2D eigenvalue weighted by Gasteiger charge is -2.31. The molecule has 0 saturated carbocycles. The lowest BCUT2D eigenvalue weighted by molar-refractivity contribution is -0.751. The van der Waals surface area contributed by atoms with Crippen LogP contribution < -0.4 is 10.3 Å². The normalized spacial score (nSPS) is 17.7. The second-order valence-corrected chi connectivity index (χ2v) is 6.39. The van der Waals surface area contributed by atoms with Gasteiger partial charge in [0.25, 0.3) is 18.6 Å². The van der Waals surface area contributed by atoms with Crippen LogP contribution in [0.4, 0.5) is 13.2 Å². The highest BCUT2D eigenvalue weighted by Crippen LogP contribution is 2.30. The standard InChI is InChI=1S/C17H16F3N3O4/c18-17(19,20)13-5-3-11(4-6-13)16(26)12-2-1-7-22(8-12)14(24)9-23-10-15(25)27-21-23/h3-6,10,12H,1-2,7-9H2/p+1. The zero-order valence-corrected chi connectivity index (χ0v) is 14.2. The number of Topliss-reactive ketones (excluding diaryl/α,β-unsaturated/α-hetero) is 1. The van der Waals surface area contributed by atoms with Crippen molar-refractivity contribution < 1.29 is 32.0 Å². The van der Waals surface area contributed by atoms with Crippen LogP contribution in [0.2, 0.25) is 0 Å². The van der Waals surface area contributed by atoms with Crippen LogP contribution in [-0.2, 0) is 17.5 Å². The predicted octanol–water partition coefficient (Wildman–Crippen LogP) is 1.40. The molecule has 2 heterocycles. The fourth-order valence-electron chi connectivity index (χ4n) is 3.08. The quantitative estimate of drug-likeness (QED) is 0.638. The third kappa shape index (κ3) is 4.44. The van der Waals surface area contributed by atoms with Crippen molar-refractivity contribution in [2.45, 2.75) is 25.6 Å².